The first kappa shape index (κ1) is 31.4. The van der Waals surface area contributed by atoms with Crippen molar-refractivity contribution in [1.82, 2.24) is 9.80 Å². The van der Waals surface area contributed by atoms with Crippen LogP contribution in [0.3, 0.4) is 0 Å². The van der Waals surface area contributed by atoms with Gasteiger partial charge in [-0.15, -0.1) is 0 Å². The van der Waals surface area contributed by atoms with Crippen molar-refractivity contribution in [2.75, 3.05) is 13.1 Å². The number of rotatable bonds is 25. The highest BCUT2D eigenvalue weighted by atomic mass is 15.4. The maximum atomic E-state index is 2.63. The van der Waals surface area contributed by atoms with E-state index in [1.165, 1.54) is 154 Å². The highest BCUT2D eigenvalue weighted by Crippen LogP contribution is 2.24. The highest BCUT2D eigenvalue weighted by molar-refractivity contribution is 4.98. The molecule has 0 aromatic heterocycles. The molecule has 0 bridgehead atoms. The molecule has 34 heavy (non-hydrogen) atoms. The molecule has 1 unspecified atom stereocenters. The third-order valence-electron chi connectivity index (χ3n) is 7.77. The summed E-state index contributed by atoms with van der Waals surface area (Å²) >= 11 is 0. The second kappa shape index (κ2) is 22.8. The molecule has 1 aliphatic heterocycles. The van der Waals surface area contributed by atoms with Crippen molar-refractivity contribution in [3.63, 3.8) is 0 Å². The molecule has 0 radical (unpaired) electrons. The lowest BCUT2D eigenvalue weighted by molar-refractivity contribution is 0.104. The average molecular weight is 477 g/mol. The molecular formula is C32H64N2. The average Bonchev–Trinajstić information content (AvgIpc) is 3.24. The Morgan fingerprint density at radius 2 is 0.706 bits per heavy atom. The Bertz CT molecular complexity index is 444. The van der Waals surface area contributed by atoms with Crippen molar-refractivity contribution in [3.05, 3.63) is 12.4 Å². The number of nitrogens with zero attached hydrogens (tertiary/aromatic N) is 2. The summed E-state index contributed by atoms with van der Waals surface area (Å²) in [5.74, 6) is 0.690. The minimum Gasteiger partial charge on any atom is -0.356 e. The van der Waals surface area contributed by atoms with Crippen molar-refractivity contribution in [1.29, 1.82) is 0 Å². The normalized spacial score (nSPS) is 15.9. The SMILES string of the molecule is CCCCCCCCCCCCCCCCN1C=CN(CCCCCCCCCC)C1C(C)C. The zero-order chi connectivity index (χ0) is 24.7. The molecule has 0 aromatic carbocycles. The minimum absolute atomic E-state index is 0.589. The fourth-order valence-corrected chi connectivity index (χ4v) is 5.63. The topological polar surface area (TPSA) is 6.48 Å². The standard InChI is InChI=1S/C32H64N2/c1-5-7-9-11-13-15-16-17-18-19-20-22-24-26-28-34-30-29-33(32(34)31(3)4)27-25-23-21-14-12-10-8-6-2/h29-32H,5-28H2,1-4H3. The Hall–Kier alpha value is -0.660. The predicted octanol–water partition coefficient (Wildman–Crippen LogP) is 10.7. The van der Waals surface area contributed by atoms with Gasteiger partial charge in [-0.25, -0.2) is 0 Å². The van der Waals surface area contributed by atoms with Gasteiger partial charge in [-0.3, -0.25) is 0 Å². The van der Waals surface area contributed by atoms with Crippen molar-refractivity contribution >= 4 is 0 Å². The van der Waals surface area contributed by atoms with Crippen LogP contribution in [0.4, 0.5) is 0 Å². The zero-order valence-corrected chi connectivity index (χ0v) is 24.2. The Morgan fingerprint density at radius 1 is 0.441 bits per heavy atom. The molecule has 2 nitrogen and oxygen atoms in total. The molecule has 1 aliphatic rings. The second-order valence-electron chi connectivity index (χ2n) is 11.5. The monoisotopic (exact) mass is 477 g/mol. The summed E-state index contributed by atoms with van der Waals surface area (Å²) < 4.78 is 0. The van der Waals surface area contributed by atoms with Crippen LogP contribution in [0.15, 0.2) is 12.4 Å². The van der Waals surface area contributed by atoms with Gasteiger partial charge in [0.2, 0.25) is 0 Å². The van der Waals surface area contributed by atoms with Crippen LogP contribution < -0.4 is 0 Å². The summed E-state index contributed by atoms with van der Waals surface area (Å²) in [5, 5.41) is 0. The molecule has 0 saturated carbocycles. The lowest BCUT2D eigenvalue weighted by atomic mass is 10.0. The van der Waals surface area contributed by atoms with Crippen molar-refractivity contribution in [2.24, 2.45) is 5.92 Å². The van der Waals surface area contributed by atoms with Gasteiger partial charge in [-0.1, -0.05) is 156 Å². The summed E-state index contributed by atoms with van der Waals surface area (Å²) in [4.78, 5) is 5.27. The summed E-state index contributed by atoms with van der Waals surface area (Å²) in [5.41, 5.74) is 0. The maximum Gasteiger partial charge on any atom is 0.103 e. The highest BCUT2D eigenvalue weighted by Gasteiger charge is 2.28. The molecule has 1 heterocycles. The minimum atomic E-state index is 0.589. The molecule has 0 aromatic rings. The van der Waals surface area contributed by atoms with Crippen LogP contribution in [0.1, 0.15) is 169 Å². The molecule has 1 atom stereocenters. The molecule has 0 spiro atoms. The third kappa shape index (κ3) is 16.1. The van der Waals surface area contributed by atoms with E-state index in [-0.39, 0.29) is 0 Å². The lowest BCUT2D eigenvalue weighted by Gasteiger charge is -2.36. The summed E-state index contributed by atoms with van der Waals surface area (Å²) in [6, 6.07) is 0. The van der Waals surface area contributed by atoms with E-state index in [0.717, 1.165) is 0 Å². The van der Waals surface area contributed by atoms with Crippen LogP contribution in [0.5, 0.6) is 0 Å². The second-order valence-corrected chi connectivity index (χ2v) is 11.5. The summed E-state index contributed by atoms with van der Waals surface area (Å²) in [7, 11) is 0. The fraction of sp³-hybridized carbons (Fsp3) is 0.938. The number of hydrogen-bond donors (Lipinski definition) is 0. The molecule has 0 aliphatic carbocycles. The van der Waals surface area contributed by atoms with E-state index < -0.39 is 0 Å². The van der Waals surface area contributed by atoms with E-state index in [2.05, 4.69) is 49.9 Å². The smallest absolute Gasteiger partial charge is 0.103 e. The summed E-state index contributed by atoms with van der Waals surface area (Å²) in [6.07, 6.45) is 36.8. The van der Waals surface area contributed by atoms with Crippen molar-refractivity contribution in [2.45, 2.75) is 175 Å². The van der Waals surface area contributed by atoms with Crippen LogP contribution in [-0.2, 0) is 0 Å². The molecule has 202 valence electrons. The van der Waals surface area contributed by atoms with Gasteiger partial charge in [0.1, 0.15) is 6.17 Å². The Labute approximate surface area is 216 Å². The molecule has 0 saturated heterocycles. The largest absolute Gasteiger partial charge is 0.356 e. The van der Waals surface area contributed by atoms with E-state index in [1.54, 1.807) is 0 Å². The molecule has 1 rings (SSSR count). The van der Waals surface area contributed by atoms with E-state index >= 15 is 0 Å². The van der Waals surface area contributed by atoms with Gasteiger partial charge < -0.3 is 9.80 Å². The molecule has 0 amide bonds. The Balaban J connectivity index is 2.00. The van der Waals surface area contributed by atoms with Crippen LogP contribution >= 0.6 is 0 Å². The third-order valence-corrected chi connectivity index (χ3v) is 7.77. The first-order valence-electron chi connectivity index (χ1n) is 15.9. The van der Waals surface area contributed by atoms with Gasteiger partial charge in [-0.05, 0) is 18.8 Å². The van der Waals surface area contributed by atoms with Gasteiger partial charge in [0.15, 0.2) is 0 Å². The quantitative estimate of drug-likeness (QED) is 0.121. The van der Waals surface area contributed by atoms with Crippen molar-refractivity contribution < 1.29 is 0 Å². The molecule has 0 N–H and O–H groups in total. The lowest BCUT2D eigenvalue weighted by Crippen LogP contribution is -2.43. The van der Waals surface area contributed by atoms with Crippen LogP contribution in [0.2, 0.25) is 0 Å². The van der Waals surface area contributed by atoms with Crippen LogP contribution in [0.25, 0.3) is 0 Å². The molecule has 0 fully saturated rings. The van der Waals surface area contributed by atoms with E-state index in [1.807, 2.05) is 0 Å². The van der Waals surface area contributed by atoms with E-state index in [9.17, 15) is 0 Å². The van der Waals surface area contributed by atoms with Gasteiger partial charge in [0.05, 0.1) is 0 Å². The van der Waals surface area contributed by atoms with Gasteiger partial charge >= 0.3 is 0 Å². The Kier molecular flexibility index (Phi) is 21.0. The zero-order valence-electron chi connectivity index (χ0n) is 24.2. The maximum absolute atomic E-state index is 2.63. The molecular weight excluding hydrogens is 412 g/mol. The fourth-order valence-electron chi connectivity index (χ4n) is 5.63. The molecule has 2 heteroatoms. The Morgan fingerprint density at radius 3 is 0.971 bits per heavy atom. The van der Waals surface area contributed by atoms with Crippen molar-refractivity contribution in [3.8, 4) is 0 Å². The number of unbranched alkanes of at least 4 members (excludes halogenated alkanes) is 20. The van der Waals surface area contributed by atoms with Gasteiger partial charge in [0, 0.05) is 25.5 Å². The number of hydrogen-bond acceptors (Lipinski definition) is 2. The van der Waals surface area contributed by atoms with Gasteiger partial charge in [0.25, 0.3) is 0 Å². The van der Waals surface area contributed by atoms with E-state index in [0.29, 0.717) is 12.1 Å². The van der Waals surface area contributed by atoms with Crippen LogP contribution in [0, 0.1) is 5.92 Å². The first-order valence-corrected chi connectivity index (χ1v) is 15.9. The first-order chi connectivity index (χ1) is 16.7. The van der Waals surface area contributed by atoms with E-state index in [4.69, 9.17) is 0 Å². The summed E-state index contributed by atoms with van der Waals surface area (Å²) in [6.45, 7) is 11.9. The van der Waals surface area contributed by atoms with Crippen LogP contribution in [-0.4, -0.2) is 29.1 Å². The van der Waals surface area contributed by atoms with Gasteiger partial charge in [-0.2, -0.15) is 0 Å². The predicted molar refractivity (Wildman–Crippen MR) is 154 cm³/mol.